The molecule has 12 aliphatic rings. The van der Waals surface area contributed by atoms with Gasteiger partial charge in [-0.05, 0) is 184 Å². The second-order valence-electron chi connectivity index (χ2n) is 20.6. The molecule has 6 aromatic rings. The number of nitrogens with one attached hydrogen (secondary N) is 4. The normalized spacial score (nSPS) is 16.9. The molecule has 6 aromatic carbocycles. The summed E-state index contributed by atoms with van der Waals surface area (Å²) < 4.78 is 0. The lowest BCUT2D eigenvalue weighted by Crippen LogP contribution is -2.31. The molecule has 0 saturated heterocycles. The van der Waals surface area contributed by atoms with Crippen LogP contribution in [0.25, 0.3) is 0 Å². The zero-order valence-electron chi connectivity index (χ0n) is 41.7. The minimum absolute atomic E-state index is 0.157. The Hall–Kier alpha value is -7.20. The van der Waals surface area contributed by atoms with Gasteiger partial charge >= 0.3 is 0 Å². The molecule has 10 aliphatic heterocycles. The largest absolute Gasteiger partial charge is 0.508 e. The Morgan fingerprint density at radius 1 is 0.314 bits per heavy atom. The highest BCUT2D eigenvalue weighted by molar-refractivity contribution is 6.11. The molecule has 10 heteroatoms. The first-order chi connectivity index (χ1) is 33.3. The van der Waals surface area contributed by atoms with E-state index in [1.54, 1.807) is 0 Å². The Labute approximate surface area is 411 Å². The maximum atomic E-state index is 14.1. The number of carbonyl (C=O) groups is 4. The summed E-state index contributed by atoms with van der Waals surface area (Å²) in [4.78, 5) is 56.4. The van der Waals surface area contributed by atoms with E-state index >= 15 is 0 Å². The number of aromatic hydroxyl groups is 2. The molecule has 0 radical (unpaired) electrons. The molecule has 360 valence electrons. The van der Waals surface area contributed by atoms with Gasteiger partial charge in [-0.25, -0.2) is 0 Å². The zero-order chi connectivity index (χ0) is 49.8. The summed E-state index contributed by atoms with van der Waals surface area (Å²) >= 11 is 0. The van der Waals surface area contributed by atoms with Crippen LogP contribution in [0.2, 0.25) is 0 Å². The first kappa shape index (κ1) is 47.8. The summed E-state index contributed by atoms with van der Waals surface area (Å²) in [7, 11) is 0. The molecule has 2 saturated carbocycles. The highest BCUT2D eigenvalue weighted by Crippen LogP contribution is 2.49. The maximum Gasteiger partial charge on any atom is 0.255 e. The average Bonchev–Trinajstić information content (AvgIpc) is 3.32. The van der Waals surface area contributed by atoms with Crippen molar-refractivity contribution in [3.63, 3.8) is 0 Å². The van der Waals surface area contributed by atoms with Gasteiger partial charge in [0.25, 0.3) is 23.6 Å². The van der Waals surface area contributed by atoms with E-state index in [2.05, 4.69) is 69.8 Å². The Balaban J connectivity index is 1.16. The molecule has 0 unspecified atom stereocenters. The third-order valence-corrected chi connectivity index (χ3v) is 15.6. The number of aryl methyl sites for hydroxylation is 8. The molecule has 0 aromatic heterocycles. The number of phenols is 2. The van der Waals surface area contributed by atoms with Gasteiger partial charge in [0.2, 0.25) is 0 Å². The molecular weight excluding hydrogens is 873 g/mol. The van der Waals surface area contributed by atoms with Gasteiger partial charge < -0.3 is 31.5 Å². The molecule has 18 rings (SSSR count). The van der Waals surface area contributed by atoms with Crippen molar-refractivity contribution >= 4 is 46.4 Å². The van der Waals surface area contributed by atoms with E-state index in [0.29, 0.717) is 22.7 Å². The molecule has 10 heterocycles. The van der Waals surface area contributed by atoms with E-state index < -0.39 is 23.6 Å². The van der Waals surface area contributed by atoms with Crippen molar-refractivity contribution < 1.29 is 29.4 Å². The van der Waals surface area contributed by atoms with E-state index in [0.717, 1.165) is 131 Å². The lowest BCUT2D eigenvalue weighted by molar-refractivity contribution is 0.101. The first-order valence-electron chi connectivity index (χ1n) is 24.8. The van der Waals surface area contributed by atoms with E-state index in [1.165, 1.54) is 36.4 Å². The molecule has 12 bridgehead atoms. The van der Waals surface area contributed by atoms with Crippen molar-refractivity contribution in [2.24, 2.45) is 0 Å². The van der Waals surface area contributed by atoms with Crippen LogP contribution in [0, 0.1) is 55.4 Å². The lowest BCUT2D eigenvalue weighted by atomic mass is 9.64. The van der Waals surface area contributed by atoms with Crippen molar-refractivity contribution in [2.45, 2.75) is 130 Å². The smallest absolute Gasteiger partial charge is 0.255 e. The van der Waals surface area contributed by atoms with E-state index in [4.69, 9.17) is 0 Å². The molecule has 4 amide bonds. The van der Waals surface area contributed by atoms with Crippen molar-refractivity contribution in [3.8, 4) is 11.5 Å². The van der Waals surface area contributed by atoms with Crippen LogP contribution in [-0.2, 0) is 10.8 Å². The van der Waals surface area contributed by atoms with Crippen LogP contribution >= 0.6 is 0 Å². The van der Waals surface area contributed by atoms with Crippen LogP contribution in [0.15, 0.2) is 84.9 Å². The summed E-state index contributed by atoms with van der Waals surface area (Å²) in [5, 5.41) is 34.3. The Morgan fingerprint density at radius 3 is 0.714 bits per heavy atom. The molecule has 0 atom stereocenters. The number of anilines is 4. The van der Waals surface area contributed by atoms with E-state index in [-0.39, 0.29) is 44.6 Å². The van der Waals surface area contributed by atoms with Gasteiger partial charge in [-0.15, -0.1) is 0 Å². The molecule has 70 heavy (non-hydrogen) atoms. The molecular formula is C60H64N4O6. The SMILES string of the molecule is Cc1cc2cc(C)c1NC(=O)c1cc(O)cc(c1)C(=O)Nc1c(C)cc(cc1C)C1(CCCCC1)c1cc(C)c(c(C)c1)NC(=O)c1cc(O)cc(c1)C(=O)Nc1c(C)cc(cc1C)C21CCCCC1. The molecule has 2 spiro atoms. The fraction of sp³-hybridized carbons (Fsp3) is 0.333. The van der Waals surface area contributed by atoms with E-state index in [1.807, 2.05) is 55.4 Å². The molecule has 2 fully saturated rings. The lowest BCUT2D eigenvalue weighted by Gasteiger charge is -2.40. The predicted octanol–water partition coefficient (Wildman–Crippen LogP) is 13.4. The number of rotatable bonds is 0. The molecule has 10 nitrogen and oxygen atoms in total. The van der Waals surface area contributed by atoms with E-state index in [9.17, 15) is 29.4 Å². The first-order valence-corrected chi connectivity index (χ1v) is 24.8. The van der Waals surface area contributed by atoms with Gasteiger partial charge in [-0.1, -0.05) is 87.1 Å². The monoisotopic (exact) mass is 936 g/mol. The zero-order valence-corrected chi connectivity index (χ0v) is 41.7. The van der Waals surface area contributed by atoms with Crippen molar-refractivity contribution in [1.82, 2.24) is 0 Å². The quantitative estimate of drug-likeness (QED) is 0.0890. The van der Waals surface area contributed by atoms with Crippen LogP contribution in [0.5, 0.6) is 11.5 Å². The number of amides is 4. The Kier molecular flexibility index (Phi) is 12.7. The van der Waals surface area contributed by atoms with Gasteiger partial charge in [0.05, 0.1) is 0 Å². The van der Waals surface area contributed by atoms with Crippen molar-refractivity contribution in [1.29, 1.82) is 0 Å². The highest BCUT2D eigenvalue weighted by Gasteiger charge is 2.39. The van der Waals surface area contributed by atoms with Gasteiger partial charge in [-0.2, -0.15) is 0 Å². The summed E-state index contributed by atoms with van der Waals surface area (Å²) in [6, 6.07) is 25.9. The fourth-order valence-electron chi connectivity index (χ4n) is 12.0. The maximum absolute atomic E-state index is 14.1. The number of hydrogen-bond acceptors (Lipinski definition) is 6. The predicted molar refractivity (Wildman–Crippen MR) is 279 cm³/mol. The summed E-state index contributed by atoms with van der Waals surface area (Å²) in [5.74, 6) is -2.15. The topological polar surface area (TPSA) is 157 Å². The standard InChI is InChI=1S/C60H64N4O6/c1-33-19-45-20-34(2)51(33)61-55(67)41-27-42(30-49(65)29-41)56(68)63-53-37(5)23-47(24-38(53)6)60(17-13-10-14-18-60)48-25-39(7)54(40(8)26-48)64-58(70)44-28-43(31-50(66)32-44)57(69)62-52-35(3)21-46(22-36(52)4)59(45)15-11-9-12-16-59/h19-32,65-66H,9-18H2,1-8H3,(H,61,67)(H,62,69)(H,63,68)(H,64,70). The Bertz CT molecular complexity index is 2660. The van der Waals surface area contributed by atoms with Crippen LogP contribution in [0.1, 0.15) is 172 Å². The van der Waals surface area contributed by atoms with Crippen molar-refractivity contribution in [2.75, 3.05) is 21.3 Å². The van der Waals surface area contributed by atoms with Crippen LogP contribution in [0.3, 0.4) is 0 Å². The summed E-state index contributed by atoms with van der Waals surface area (Å²) in [6.45, 7) is 15.9. The van der Waals surface area contributed by atoms with Gasteiger partial charge in [0, 0.05) is 55.8 Å². The van der Waals surface area contributed by atoms with Gasteiger partial charge in [0.15, 0.2) is 0 Å². The fourth-order valence-corrected chi connectivity index (χ4v) is 12.0. The van der Waals surface area contributed by atoms with Gasteiger partial charge in [0.1, 0.15) is 11.5 Å². The van der Waals surface area contributed by atoms with Crippen LogP contribution in [-0.4, -0.2) is 33.8 Å². The number of carbonyl (C=O) groups excluding carboxylic acids is 4. The average molecular weight is 937 g/mol. The summed E-state index contributed by atoms with van der Waals surface area (Å²) in [5.41, 5.74) is 14.4. The third-order valence-electron chi connectivity index (χ3n) is 15.6. The minimum Gasteiger partial charge on any atom is -0.508 e. The van der Waals surface area contributed by atoms with Crippen LogP contribution < -0.4 is 21.3 Å². The number of hydrogen-bond donors (Lipinski definition) is 6. The minimum atomic E-state index is -0.441. The number of phenolic OH excluding ortho intramolecular Hbond substituents is 2. The van der Waals surface area contributed by atoms with Crippen LogP contribution in [0.4, 0.5) is 22.7 Å². The van der Waals surface area contributed by atoms with Gasteiger partial charge in [-0.3, -0.25) is 19.2 Å². The highest BCUT2D eigenvalue weighted by atomic mass is 16.3. The second-order valence-corrected chi connectivity index (χ2v) is 20.6. The molecule has 6 N–H and O–H groups in total. The van der Waals surface area contributed by atoms with Crippen molar-refractivity contribution in [3.05, 3.63) is 174 Å². The third kappa shape index (κ3) is 8.84. The Morgan fingerprint density at radius 2 is 0.514 bits per heavy atom. The summed E-state index contributed by atoms with van der Waals surface area (Å²) in [6.07, 6.45) is 10.2. The molecule has 2 aliphatic carbocycles. The number of benzene rings is 6. The second kappa shape index (κ2) is 18.6.